The number of hydrogen-bond acceptors (Lipinski definition) is 4. The Kier molecular flexibility index (Phi) is 2.90. The molecule has 1 aromatic heterocycles. The summed E-state index contributed by atoms with van der Waals surface area (Å²) in [5, 5.41) is 19.4. The molecular weight excluding hydrogens is 204 g/mol. The molecule has 0 aromatic carbocycles. The molecular formula is C12H14N2O2. The standard InChI is InChI=1S/C12H14N2O2/c1-9-2-3-10(14-6-9)11(15)12(7-13)4-5-16-8-12/h2-3,6,11,15H,4-5,8H2,1H3. The SMILES string of the molecule is Cc1ccc(C(O)C2(C#N)CCOC2)nc1. The van der Waals surface area contributed by atoms with Gasteiger partial charge in [-0.3, -0.25) is 4.98 Å². The van der Waals surface area contributed by atoms with Crippen molar-refractivity contribution in [1.82, 2.24) is 4.98 Å². The Balaban J connectivity index is 2.27. The smallest absolute Gasteiger partial charge is 0.117 e. The third-order valence-corrected chi connectivity index (χ3v) is 3.01. The maximum Gasteiger partial charge on any atom is 0.117 e. The average Bonchev–Trinajstić information content (AvgIpc) is 2.79. The molecule has 2 rings (SSSR count). The van der Waals surface area contributed by atoms with E-state index in [4.69, 9.17) is 4.74 Å². The van der Waals surface area contributed by atoms with Crippen LogP contribution in [0.1, 0.15) is 23.8 Å². The van der Waals surface area contributed by atoms with Crippen LogP contribution in [-0.4, -0.2) is 23.3 Å². The molecule has 4 heteroatoms. The van der Waals surface area contributed by atoms with Crippen LogP contribution in [0.25, 0.3) is 0 Å². The van der Waals surface area contributed by atoms with Crippen molar-refractivity contribution in [2.75, 3.05) is 13.2 Å². The highest BCUT2D eigenvalue weighted by Crippen LogP contribution is 2.39. The highest BCUT2D eigenvalue weighted by Gasteiger charge is 2.43. The molecule has 16 heavy (non-hydrogen) atoms. The first kappa shape index (κ1) is 11.1. The summed E-state index contributed by atoms with van der Waals surface area (Å²) in [5.41, 5.74) is 0.740. The van der Waals surface area contributed by atoms with Gasteiger partial charge in [0.1, 0.15) is 11.5 Å². The summed E-state index contributed by atoms with van der Waals surface area (Å²) in [5.74, 6) is 0. The molecule has 1 fully saturated rings. The quantitative estimate of drug-likeness (QED) is 0.813. The zero-order chi connectivity index (χ0) is 11.6. The van der Waals surface area contributed by atoms with E-state index in [0.717, 1.165) is 5.56 Å². The second-order valence-corrected chi connectivity index (χ2v) is 4.23. The summed E-state index contributed by atoms with van der Waals surface area (Å²) in [4.78, 5) is 4.16. The number of aliphatic hydroxyl groups is 1. The topological polar surface area (TPSA) is 66.1 Å². The lowest BCUT2D eigenvalue weighted by Crippen LogP contribution is -2.28. The number of nitriles is 1. The highest BCUT2D eigenvalue weighted by atomic mass is 16.5. The van der Waals surface area contributed by atoms with Crippen molar-refractivity contribution in [1.29, 1.82) is 5.26 Å². The molecule has 0 aliphatic carbocycles. The molecule has 2 unspecified atom stereocenters. The van der Waals surface area contributed by atoms with E-state index in [2.05, 4.69) is 11.1 Å². The Labute approximate surface area is 94.5 Å². The molecule has 1 aliphatic rings. The van der Waals surface area contributed by atoms with Crippen LogP contribution < -0.4 is 0 Å². The third kappa shape index (κ3) is 1.80. The van der Waals surface area contributed by atoms with Crippen molar-refractivity contribution >= 4 is 0 Å². The molecule has 84 valence electrons. The Morgan fingerprint density at radius 3 is 2.94 bits per heavy atom. The van der Waals surface area contributed by atoms with E-state index in [-0.39, 0.29) is 6.61 Å². The Hall–Kier alpha value is -1.44. The fraction of sp³-hybridized carbons (Fsp3) is 0.500. The van der Waals surface area contributed by atoms with Gasteiger partial charge in [-0.15, -0.1) is 0 Å². The van der Waals surface area contributed by atoms with Crippen LogP contribution in [0.3, 0.4) is 0 Å². The highest BCUT2D eigenvalue weighted by molar-refractivity contribution is 5.20. The van der Waals surface area contributed by atoms with Crippen LogP contribution in [0.2, 0.25) is 0 Å². The molecule has 0 spiro atoms. The largest absolute Gasteiger partial charge is 0.385 e. The van der Waals surface area contributed by atoms with Gasteiger partial charge in [-0.2, -0.15) is 5.26 Å². The van der Waals surface area contributed by atoms with Gasteiger partial charge >= 0.3 is 0 Å². The van der Waals surface area contributed by atoms with Gasteiger partial charge in [-0.05, 0) is 25.0 Å². The summed E-state index contributed by atoms with van der Waals surface area (Å²) in [6, 6.07) is 5.82. The van der Waals surface area contributed by atoms with Crippen molar-refractivity contribution in [2.24, 2.45) is 5.41 Å². The zero-order valence-corrected chi connectivity index (χ0v) is 9.18. The van der Waals surface area contributed by atoms with Gasteiger partial charge in [0.25, 0.3) is 0 Å². The van der Waals surface area contributed by atoms with Crippen molar-refractivity contribution in [3.05, 3.63) is 29.6 Å². The Morgan fingerprint density at radius 1 is 1.62 bits per heavy atom. The molecule has 1 N–H and O–H groups in total. The van der Waals surface area contributed by atoms with Gasteiger partial charge in [-0.25, -0.2) is 0 Å². The van der Waals surface area contributed by atoms with Gasteiger partial charge in [0.05, 0.1) is 18.4 Å². The van der Waals surface area contributed by atoms with E-state index >= 15 is 0 Å². The first-order valence-corrected chi connectivity index (χ1v) is 5.27. The first-order chi connectivity index (χ1) is 7.68. The number of pyridine rings is 1. The van der Waals surface area contributed by atoms with E-state index in [0.29, 0.717) is 18.7 Å². The fourth-order valence-electron chi connectivity index (χ4n) is 1.87. The maximum absolute atomic E-state index is 10.2. The lowest BCUT2D eigenvalue weighted by Gasteiger charge is -2.24. The van der Waals surface area contributed by atoms with Gasteiger partial charge in [0, 0.05) is 12.8 Å². The number of aliphatic hydroxyl groups excluding tert-OH is 1. The molecule has 0 radical (unpaired) electrons. The maximum atomic E-state index is 10.2. The normalized spacial score (nSPS) is 26.3. The molecule has 4 nitrogen and oxygen atoms in total. The van der Waals surface area contributed by atoms with Crippen LogP contribution in [0.5, 0.6) is 0 Å². The lowest BCUT2D eigenvalue weighted by atomic mass is 9.81. The van der Waals surface area contributed by atoms with E-state index in [1.165, 1.54) is 0 Å². The number of ether oxygens (including phenoxy) is 1. The van der Waals surface area contributed by atoms with E-state index in [1.54, 1.807) is 12.3 Å². The second-order valence-electron chi connectivity index (χ2n) is 4.23. The first-order valence-electron chi connectivity index (χ1n) is 5.27. The van der Waals surface area contributed by atoms with Crippen LogP contribution in [0.15, 0.2) is 18.3 Å². The third-order valence-electron chi connectivity index (χ3n) is 3.01. The van der Waals surface area contributed by atoms with Crippen LogP contribution in [-0.2, 0) is 4.74 Å². The van der Waals surface area contributed by atoms with Gasteiger partial charge in [0.2, 0.25) is 0 Å². The van der Waals surface area contributed by atoms with E-state index < -0.39 is 11.5 Å². The summed E-state index contributed by atoms with van der Waals surface area (Å²) in [6.45, 7) is 2.73. The molecule has 2 heterocycles. The Morgan fingerprint density at radius 2 is 2.44 bits per heavy atom. The molecule has 1 saturated heterocycles. The number of nitrogens with zero attached hydrogens (tertiary/aromatic N) is 2. The van der Waals surface area contributed by atoms with E-state index in [1.807, 2.05) is 13.0 Å². The molecule has 0 saturated carbocycles. The van der Waals surface area contributed by atoms with Gasteiger partial charge in [0.15, 0.2) is 0 Å². The molecule has 1 aliphatic heterocycles. The van der Waals surface area contributed by atoms with Crippen molar-refractivity contribution < 1.29 is 9.84 Å². The van der Waals surface area contributed by atoms with Crippen molar-refractivity contribution in [3.63, 3.8) is 0 Å². The summed E-state index contributed by atoms with van der Waals surface area (Å²) in [7, 11) is 0. The molecule has 1 aromatic rings. The fourth-order valence-corrected chi connectivity index (χ4v) is 1.87. The van der Waals surface area contributed by atoms with Crippen LogP contribution in [0.4, 0.5) is 0 Å². The van der Waals surface area contributed by atoms with Gasteiger partial charge < -0.3 is 9.84 Å². The number of aromatic nitrogens is 1. The Bertz CT molecular complexity index is 402. The van der Waals surface area contributed by atoms with Crippen LogP contribution in [0, 0.1) is 23.7 Å². The average molecular weight is 218 g/mol. The minimum Gasteiger partial charge on any atom is -0.385 e. The number of rotatable bonds is 2. The minimum absolute atomic E-state index is 0.278. The van der Waals surface area contributed by atoms with Crippen molar-refractivity contribution in [2.45, 2.75) is 19.4 Å². The monoisotopic (exact) mass is 218 g/mol. The van der Waals surface area contributed by atoms with Gasteiger partial charge in [-0.1, -0.05) is 6.07 Å². The lowest BCUT2D eigenvalue weighted by molar-refractivity contribution is 0.0473. The second kappa shape index (κ2) is 4.20. The molecule has 2 atom stereocenters. The van der Waals surface area contributed by atoms with E-state index in [9.17, 15) is 10.4 Å². The summed E-state index contributed by atoms with van der Waals surface area (Å²) >= 11 is 0. The molecule has 0 bridgehead atoms. The summed E-state index contributed by atoms with van der Waals surface area (Å²) in [6.07, 6.45) is 1.38. The van der Waals surface area contributed by atoms with Crippen molar-refractivity contribution in [3.8, 4) is 6.07 Å². The minimum atomic E-state index is -0.874. The van der Waals surface area contributed by atoms with Crippen LogP contribution >= 0.6 is 0 Å². The number of aryl methyl sites for hydroxylation is 1. The summed E-state index contributed by atoms with van der Waals surface area (Å²) < 4.78 is 5.21. The predicted molar refractivity (Wildman–Crippen MR) is 57.4 cm³/mol. The predicted octanol–water partition coefficient (Wildman–Crippen LogP) is 1.35. The number of hydrogen-bond donors (Lipinski definition) is 1. The zero-order valence-electron chi connectivity index (χ0n) is 9.18. The molecule has 0 amide bonds.